The lowest BCUT2D eigenvalue weighted by Gasteiger charge is -2.27. The van der Waals surface area contributed by atoms with Gasteiger partial charge in [0.1, 0.15) is 0 Å². The number of rotatable bonds is 8. The van der Waals surface area contributed by atoms with Crippen LogP contribution in [0.25, 0.3) is 11.1 Å². The molecule has 3 aromatic rings. The van der Waals surface area contributed by atoms with Crippen LogP contribution in [-0.4, -0.2) is 25.7 Å². The zero-order valence-electron chi connectivity index (χ0n) is 17.2. The Bertz CT molecular complexity index is 1080. The Kier molecular flexibility index (Phi) is 6.73. The first kappa shape index (κ1) is 21.8. The van der Waals surface area contributed by atoms with Gasteiger partial charge in [0.25, 0.3) is 0 Å². The van der Waals surface area contributed by atoms with Crippen molar-refractivity contribution in [1.29, 1.82) is 0 Å². The van der Waals surface area contributed by atoms with Gasteiger partial charge < -0.3 is 4.74 Å². The van der Waals surface area contributed by atoms with Crippen LogP contribution in [0.15, 0.2) is 89.8 Å². The second kappa shape index (κ2) is 9.26. The van der Waals surface area contributed by atoms with E-state index in [4.69, 9.17) is 4.74 Å². The molecule has 30 heavy (non-hydrogen) atoms. The van der Waals surface area contributed by atoms with Crippen molar-refractivity contribution in [3.05, 3.63) is 90.5 Å². The van der Waals surface area contributed by atoms with E-state index < -0.39 is 20.6 Å². The molecule has 3 aromatic carbocycles. The van der Waals surface area contributed by atoms with Gasteiger partial charge in [0, 0.05) is 0 Å². The lowest BCUT2D eigenvalue weighted by atomic mass is 9.98. The highest BCUT2D eigenvalue weighted by Gasteiger charge is 2.48. The lowest BCUT2D eigenvalue weighted by Crippen LogP contribution is -2.45. The number of aryl methyl sites for hydroxylation is 1. The van der Waals surface area contributed by atoms with Crippen LogP contribution in [0.4, 0.5) is 0 Å². The second-order valence-electron chi connectivity index (χ2n) is 7.33. The second-order valence-corrected chi connectivity index (χ2v) is 9.71. The minimum Gasteiger partial charge on any atom is -0.465 e. The SMILES string of the molecule is CCOC(=O)C(C)(CCc1ccc(-c2ccccc2)cc1)S(=O)(=O)c1ccccc1. The average molecular weight is 423 g/mol. The molecule has 4 nitrogen and oxygen atoms in total. The summed E-state index contributed by atoms with van der Waals surface area (Å²) in [5.74, 6) is -0.713. The van der Waals surface area contributed by atoms with E-state index in [0.29, 0.717) is 6.42 Å². The van der Waals surface area contributed by atoms with Crippen LogP contribution in [0.1, 0.15) is 25.8 Å². The number of carbonyl (C=O) groups excluding carboxylic acids is 1. The van der Waals surface area contributed by atoms with E-state index in [1.165, 1.54) is 19.1 Å². The molecule has 0 aliphatic rings. The van der Waals surface area contributed by atoms with Crippen molar-refractivity contribution in [3.63, 3.8) is 0 Å². The zero-order chi connectivity index (χ0) is 21.6. The Morgan fingerprint density at radius 3 is 1.93 bits per heavy atom. The molecular formula is C25H26O4S. The fourth-order valence-corrected chi connectivity index (χ4v) is 5.05. The third kappa shape index (κ3) is 4.46. The van der Waals surface area contributed by atoms with Crippen molar-refractivity contribution in [1.82, 2.24) is 0 Å². The number of hydrogen-bond donors (Lipinski definition) is 0. The van der Waals surface area contributed by atoms with Crippen molar-refractivity contribution >= 4 is 15.8 Å². The number of sulfone groups is 1. The highest BCUT2D eigenvalue weighted by Crippen LogP contribution is 2.32. The summed E-state index contributed by atoms with van der Waals surface area (Å²) < 4.78 is 30.2. The van der Waals surface area contributed by atoms with Crippen LogP contribution >= 0.6 is 0 Å². The summed E-state index contributed by atoms with van der Waals surface area (Å²) in [6, 6.07) is 26.1. The van der Waals surface area contributed by atoms with Crippen LogP contribution in [0.2, 0.25) is 0 Å². The van der Waals surface area contributed by atoms with Crippen LogP contribution in [0.3, 0.4) is 0 Å². The Hall–Kier alpha value is -2.92. The fourth-order valence-electron chi connectivity index (χ4n) is 3.37. The zero-order valence-corrected chi connectivity index (χ0v) is 18.1. The summed E-state index contributed by atoms with van der Waals surface area (Å²) in [6.45, 7) is 3.27. The van der Waals surface area contributed by atoms with E-state index >= 15 is 0 Å². The van der Waals surface area contributed by atoms with Crippen LogP contribution < -0.4 is 0 Å². The molecule has 0 radical (unpaired) electrons. The maximum Gasteiger partial charge on any atom is 0.327 e. The third-order valence-corrected chi connectivity index (χ3v) is 7.76. The molecule has 0 amide bonds. The molecule has 5 heteroatoms. The Morgan fingerprint density at radius 1 is 0.833 bits per heavy atom. The van der Waals surface area contributed by atoms with Crippen LogP contribution in [-0.2, 0) is 25.8 Å². The first-order chi connectivity index (χ1) is 14.4. The topological polar surface area (TPSA) is 60.4 Å². The maximum absolute atomic E-state index is 13.3. The summed E-state index contributed by atoms with van der Waals surface area (Å²) in [4.78, 5) is 12.9. The largest absolute Gasteiger partial charge is 0.465 e. The van der Waals surface area contributed by atoms with Gasteiger partial charge in [-0.05, 0) is 55.5 Å². The van der Waals surface area contributed by atoms with Gasteiger partial charge in [-0.2, -0.15) is 0 Å². The minimum atomic E-state index is -3.92. The lowest BCUT2D eigenvalue weighted by molar-refractivity contribution is -0.146. The Balaban J connectivity index is 1.85. The molecule has 156 valence electrons. The molecule has 0 heterocycles. The number of benzene rings is 3. The summed E-state index contributed by atoms with van der Waals surface area (Å²) in [5.41, 5.74) is 3.17. The maximum atomic E-state index is 13.3. The molecule has 0 aliphatic carbocycles. The molecule has 0 N–H and O–H groups in total. The summed E-state index contributed by atoms with van der Waals surface area (Å²) in [6.07, 6.45) is 0.574. The van der Waals surface area contributed by atoms with E-state index in [9.17, 15) is 13.2 Å². The minimum absolute atomic E-state index is 0.125. The molecule has 0 aliphatic heterocycles. The van der Waals surface area contributed by atoms with Gasteiger partial charge in [-0.25, -0.2) is 8.42 Å². The average Bonchev–Trinajstić information content (AvgIpc) is 2.79. The smallest absolute Gasteiger partial charge is 0.327 e. The predicted molar refractivity (Wildman–Crippen MR) is 119 cm³/mol. The molecule has 1 unspecified atom stereocenters. The Labute approximate surface area is 178 Å². The molecule has 3 rings (SSSR count). The van der Waals surface area contributed by atoms with Gasteiger partial charge in [0.05, 0.1) is 11.5 Å². The Morgan fingerprint density at radius 2 is 1.37 bits per heavy atom. The molecule has 1 atom stereocenters. The number of esters is 1. The molecule has 0 bridgehead atoms. The van der Waals surface area contributed by atoms with E-state index in [1.807, 2.05) is 54.6 Å². The summed E-state index contributed by atoms with van der Waals surface area (Å²) >= 11 is 0. The van der Waals surface area contributed by atoms with Crippen molar-refractivity contribution in [2.45, 2.75) is 36.3 Å². The van der Waals surface area contributed by atoms with Gasteiger partial charge >= 0.3 is 5.97 Å². The number of hydrogen-bond acceptors (Lipinski definition) is 4. The molecule has 0 saturated carbocycles. The van der Waals surface area contributed by atoms with Gasteiger partial charge in [-0.3, -0.25) is 4.79 Å². The van der Waals surface area contributed by atoms with E-state index in [-0.39, 0.29) is 17.9 Å². The van der Waals surface area contributed by atoms with Crippen LogP contribution in [0, 0.1) is 0 Å². The van der Waals surface area contributed by atoms with Crippen molar-refractivity contribution in [3.8, 4) is 11.1 Å². The number of carbonyl (C=O) groups is 1. The monoisotopic (exact) mass is 422 g/mol. The quantitative estimate of drug-likeness (QED) is 0.475. The summed E-state index contributed by atoms with van der Waals surface area (Å²) in [5, 5.41) is 0. The van der Waals surface area contributed by atoms with E-state index in [0.717, 1.165) is 16.7 Å². The normalized spacial score (nSPS) is 13.4. The van der Waals surface area contributed by atoms with Crippen LogP contribution in [0.5, 0.6) is 0 Å². The highest BCUT2D eigenvalue weighted by molar-refractivity contribution is 7.93. The van der Waals surface area contributed by atoms with Gasteiger partial charge in [-0.1, -0.05) is 72.8 Å². The van der Waals surface area contributed by atoms with Crippen molar-refractivity contribution < 1.29 is 17.9 Å². The molecule has 0 spiro atoms. The molecule has 0 fully saturated rings. The predicted octanol–water partition coefficient (Wildman–Crippen LogP) is 5.08. The fraction of sp³-hybridized carbons (Fsp3) is 0.240. The third-order valence-electron chi connectivity index (χ3n) is 5.31. The summed E-state index contributed by atoms with van der Waals surface area (Å²) in [7, 11) is -3.92. The van der Waals surface area contributed by atoms with Gasteiger partial charge in [0.15, 0.2) is 14.6 Å². The molecular weight excluding hydrogens is 396 g/mol. The van der Waals surface area contributed by atoms with Crippen molar-refractivity contribution in [2.24, 2.45) is 0 Å². The van der Waals surface area contributed by atoms with E-state index in [2.05, 4.69) is 0 Å². The van der Waals surface area contributed by atoms with E-state index in [1.54, 1.807) is 25.1 Å². The molecule has 0 aromatic heterocycles. The number of ether oxygens (including phenoxy) is 1. The van der Waals surface area contributed by atoms with Gasteiger partial charge in [0.2, 0.25) is 0 Å². The molecule has 0 saturated heterocycles. The first-order valence-corrected chi connectivity index (χ1v) is 11.5. The highest BCUT2D eigenvalue weighted by atomic mass is 32.2. The van der Waals surface area contributed by atoms with Gasteiger partial charge in [-0.15, -0.1) is 0 Å². The standard InChI is InChI=1S/C25H26O4S/c1-3-29-24(26)25(2,30(27,28)23-12-8-5-9-13-23)19-18-20-14-16-22(17-15-20)21-10-6-4-7-11-21/h4-17H,3,18-19H2,1-2H3. The first-order valence-electron chi connectivity index (χ1n) is 10.00. The van der Waals surface area contributed by atoms with Crippen molar-refractivity contribution in [2.75, 3.05) is 6.61 Å².